The van der Waals surface area contributed by atoms with E-state index >= 15 is 0 Å². The van der Waals surface area contributed by atoms with Gasteiger partial charge in [-0.25, -0.2) is 10.4 Å². The molecule has 5 aliphatic heterocycles. The molecule has 17 nitrogen and oxygen atoms in total. The van der Waals surface area contributed by atoms with Crippen molar-refractivity contribution in [3.05, 3.63) is 77.1 Å². The zero-order chi connectivity index (χ0) is 52.9. The lowest BCUT2D eigenvalue weighted by atomic mass is 9.84. The van der Waals surface area contributed by atoms with Gasteiger partial charge in [0.25, 0.3) is 5.91 Å². The average molecular weight is 1040 g/mol. The van der Waals surface area contributed by atoms with Crippen molar-refractivity contribution < 1.29 is 33.4 Å². The molecule has 2 N–H and O–H groups in total. The number of piperazine rings is 1. The van der Waals surface area contributed by atoms with Crippen molar-refractivity contribution in [1.82, 2.24) is 40.1 Å². The molecule has 3 amide bonds. The van der Waals surface area contributed by atoms with Gasteiger partial charge >= 0.3 is 5.97 Å². The number of hydrogen-bond donors (Lipinski definition) is 2. The van der Waals surface area contributed by atoms with Crippen molar-refractivity contribution in [2.24, 2.45) is 17.3 Å². The normalized spacial score (nSPS) is 24.5. The van der Waals surface area contributed by atoms with Gasteiger partial charge in [0.1, 0.15) is 30.5 Å². The first kappa shape index (κ1) is 52.4. The van der Waals surface area contributed by atoms with Crippen LogP contribution in [0.15, 0.2) is 60.2 Å². The summed E-state index contributed by atoms with van der Waals surface area (Å²) < 4.78 is 21.6. The number of benzene rings is 2. The largest absolute Gasteiger partial charge is 0.491 e. The highest BCUT2D eigenvalue weighted by molar-refractivity contribution is 7.13. The van der Waals surface area contributed by atoms with Gasteiger partial charge in [-0.15, -0.1) is 11.3 Å². The first-order chi connectivity index (χ1) is 36.0. The number of hydrogen-bond acceptors (Lipinski definition) is 14. The maximum atomic E-state index is 15.0. The molecule has 0 aliphatic carbocycles. The van der Waals surface area contributed by atoms with E-state index in [2.05, 4.69) is 93.1 Å². The molecule has 0 radical (unpaired) electrons. The number of cyclic esters (lactones) is 1. The fraction of sp³-hybridized carbons (Fsp3) is 0.544. The van der Waals surface area contributed by atoms with Crippen LogP contribution in [0, 0.1) is 17.3 Å². The monoisotopic (exact) mass is 1040 g/mol. The number of nitrogens with one attached hydrogen (secondary N) is 2. The Morgan fingerprint density at radius 1 is 0.893 bits per heavy atom. The van der Waals surface area contributed by atoms with Crippen molar-refractivity contribution >= 4 is 56.7 Å². The average Bonchev–Trinajstić information content (AvgIpc) is 4.20. The van der Waals surface area contributed by atoms with Crippen LogP contribution in [-0.2, 0) is 48.0 Å². The molecule has 8 bridgehead atoms. The number of anilines is 2. The number of pyridine rings is 1. The van der Waals surface area contributed by atoms with E-state index in [4.69, 9.17) is 19.2 Å². The molecular weight excluding hydrogens is 969 g/mol. The number of rotatable bonds is 7. The quantitative estimate of drug-likeness (QED) is 0.165. The first-order valence-corrected chi connectivity index (χ1v) is 27.8. The fourth-order valence-corrected chi connectivity index (χ4v) is 12.8. The van der Waals surface area contributed by atoms with E-state index in [9.17, 15) is 19.2 Å². The van der Waals surface area contributed by atoms with E-state index < -0.39 is 41.3 Å². The second kappa shape index (κ2) is 21.5. The molecule has 0 saturated carbocycles. The van der Waals surface area contributed by atoms with Crippen LogP contribution in [-0.4, -0.2) is 151 Å². The molecule has 6 atom stereocenters. The Morgan fingerprint density at radius 3 is 2.43 bits per heavy atom. The summed E-state index contributed by atoms with van der Waals surface area (Å²) in [6.07, 6.45) is 5.70. The molecule has 5 aromatic rings. The summed E-state index contributed by atoms with van der Waals surface area (Å²) in [4.78, 5) is 77.2. The number of aromatic nitrogens is 3. The summed E-state index contributed by atoms with van der Waals surface area (Å²) in [6.45, 7) is 17.9. The molecule has 10 rings (SSSR count). The molecule has 0 spiro atoms. The Morgan fingerprint density at radius 2 is 1.69 bits per heavy atom. The standard InChI is InChI=1S/C57H74N10O7S/c1-10-65-47-14-13-37-28-42(47)44(51(65)43-29-39(31-59-49(43)35(4)72-9)64-21-19-62(7)20-22-64)30-57(5,6)33-74-55(71)45-12-11-17-67(61-45)54(70)46-26-36-24-38(37)27-40(25-36)73-32-48-41(15-18-66(48)56-58-16-23-75-56)53(69)63(8)50(34(2)3)52(68)60-46/h13-14,16,23-25,27-29,31,34-35,41,45-46,48,50,61H,10-12,15,17-22,26,30,32-33H2,1-9H3,(H,60,68)/t35-,41-,45-,46-,48+,50-/m0/s1. The number of hydrazine groups is 1. The Labute approximate surface area is 444 Å². The molecular formula is C57H74N10O7S. The van der Waals surface area contributed by atoms with Gasteiger partial charge in [0.2, 0.25) is 11.8 Å². The van der Waals surface area contributed by atoms with Crippen LogP contribution >= 0.6 is 11.3 Å². The Kier molecular flexibility index (Phi) is 15.0. The predicted octanol–water partition coefficient (Wildman–Crippen LogP) is 6.72. The zero-order valence-electron chi connectivity index (χ0n) is 45.1. The lowest BCUT2D eigenvalue weighted by Crippen LogP contribution is -2.62. The third-order valence-electron chi connectivity index (χ3n) is 16.2. The molecule has 5 aliphatic rings. The van der Waals surface area contributed by atoms with E-state index in [0.717, 1.165) is 87.1 Å². The molecule has 2 aromatic carbocycles. The summed E-state index contributed by atoms with van der Waals surface area (Å²) in [5.41, 5.74) is 11.4. The molecule has 3 saturated heterocycles. The summed E-state index contributed by atoms with van der Waals surface area (Å²) in [5.74, 6) is -1.61. The summed E-state index contributed by atoms with van der Waals surface area (Å²) in [5, 5.41) is 8.42. The van der Waals surface area contributed by atoms with Crippen molar-refractivity contribution in [2.45, 2.75) is 110 Å². The van der Waals surface area contributed by atoms with E-state index in [1.807, 2.05) is 44.5 Å². The minimum absolute atomic E-state index is 0.108. The van der Waals surface area contributed by atoms with Crippen molar-refractivity contribution in [2.75, 3.05) is 83.5 Å². The van der Waals surface area contributed by atoms with Crippen LogP contribution in [0.2, 0.25) is 0 Å². The van der Waals surface area contributed by atoms with Gasteiger partial charge in [-0.1, -0.05) is 39.8 Å². The molecule has 3 aromatic heterocycles. The van der Waals surface area contributed by atoms with Crippen LogP contribution in [0.5, 0.6) is 5.75 Å². The summed E-state index contributed by atoms with van der Waals surface area (Å²) in [6, 6.07) is 11.9. The third kappa shape index (κ3) is 10.5. The molecule has 400 valence electrons. The Bertz CT molecular complexity index is 2930. The fourth-order valence-electron chi connectivity index (χ4n) is 12.1. The smallest absolute Gasteiger partial charge is 0.324 e. The highest BCUT2D eigenvalue weighted by atomic mass is 32.1. The van der Waals surface area contributed by atoms with Gasteiger partial charge in [0.05, 0.1) is 47.9 Å². The van der Waals surface area contributed by atoms with Gasteiger partial charge in [0.15, 0.2) is 5.13 Å². The van der Waals surface area contributed by atoms with Crippen molar-refractivity contribution in [3.63, 3.8) is 0 Å². The minimum Gasteiger partial charge on any atom is -0.491 e. The number of thiazole rings is 1. The highest BCUT2D eigenvalue weighted by Crippen LogP contribution is 2.44. The summed E-state index contributed by atoms with van der Waals surface area (Å²) in [7, 11) is 5.57. The minimum atomic E-state index is -1.07. The van der Waals surface area contributed by atoms with Crippen LogP contribution in [0.3, 0.4) is 0 Å². The lowest BCUT2D eigenvalue weighted by molar-refractivity contribution is -0.155. The number of esters is 1. The number of amides is 3. The topological polar surface area (TPSA) is 167 Å². The molecule has 75 heavy (non-hydrogen) atoms. The van der Waals surface area contributed by atoms with Gasteiger partial charge in [-0.3, -0.25) is 29.2 Å². The Hall–Kier alpha value is -6.08. The molecule has 0 unspecified atom stereocenters. The van der Waals surface area contributed by atoms with Gasteiger partial charge < -0.3 is 43.7 Å². The zero-order valence-corrected chi connectivity index (χ0v) is 45.9. The number of fused-ring (bicyclic) bond motifs is 8. The van der Waals surface area contributed by atoms with Crippen molar-refractivity contribution in [3.8, 4) is 28.1 Å². The third-order valence-corrected chi connectivity index (χ3v) is 17.0. The SMILES string of the molecule is CCn1c(-c2cc(N3CCN(C)CC3)cnc2[C@H](C)OC)c2c3cc(ccc31)-c1cc3cc(c1)OC[C@@H]1[C@H](CCN1c1nccs1)C(=O)N(C)[C@@H](C(C)C)C(=O)N[C@@H](C3)C(=O)N1CCC[C@H](N1)C(=O)OCC(C)(C)C2. The number of nitrogens with zero attached hydrogens (tertiary/aromatic N) is 8. The van der Waals surface area contributed by atoms with Crippen molar-refractivity contribution in [1.29, 1.82) is 0 Å². The Balaban J connectivity index is 1.17. The molecule has 8 heterocycles. The lowest BCUT2D eigenvalue weighted by Gasteiger charge is -2.37. The molecule has 18 heteroatoms. The number of aryl methyl sites for hydroxylation is 1. The first-order valence-electron chi connectivity index (χ1n) is 26.9. The summed E-state index contributed by atoms with van der Waals surface area (Å²) >= 11 is 1.53. The predicted molar refractivity (Wildman–Crippen MR) is 292 cm³/mol. The van der Waals surface area contributed by atoms with Gasteiger partial charge in [-0.05, 0) is 105 Å². The maximum absolute atomic E-state index is 15.0. The number of ether oxygens (including phenoxy) is 3. The van der Waals surface area contributed by atoms with E-state index in [0.29, 0.717) is 51.1 Å². The number of carbonyl (C=O) groups is 4. The van der Waals surface area contributed by atoms with Gasteiger partial charge in [0, 0.05) is 99.8 Å². The van der Waals surface area contributed by atoms with Crippen LogP contribution in [0.1, 0.15) is 83.7 Å². The van der Waals surface area contributed by atoms with Gasteiger partial charge in [-0.2, -0.15) is 0 Å². The second-order valence-corrected chi connectivity index (χ2v) is 23.3. The van der Waals surface area contributed by atoms with Crippen LogP contribution in [0.4, 0.5) is 10.8 Å². The maximum Gasteiger partial charge on any atom is 0.324 e. The molecule has 3 fully saturated rings. The van der Waals surface area contributed by atoms with E-state index in [1.54, 1.807) is 25.3 Å². The second-order valence-electron chi connectivity index (χ2n) is 22.4. The number of likely N-dealkylation sites (N-methyl/N-ethyl adjacent to an activating group) is 2. The van der Waals surface area contributed by atoms with Crippen LogP contribution < -0.4 is 25.3 Å². The highest BCUT2D eigenvalue weighted by Gasteiger charge is 2.45. The number of methoxy groups -OCH3 is 1. The van der Waals surface area contributed by atoms with Crippen LogP contribution in [0.25, 0.3) is 33.3 Å². The van der Waals surface area contributed by atoms with E-state index in [1.165, 1.54) is 16.3 Å². The van der Waals surface area contributed by atoms with E-state index in [-0.39, 0.29) is 49.5 Å². The number of carbonyl (C=O) groups excluding carboxylic acids is 4.